The van der Waals surface area contributed by atoms with Crippen LogP contribution in [0.3, 0.4) is 0 Å². The van der Waals surface area contributed by atoms with Crippen molar-refractivity contribution in [3.8, 4) is 0 Å². The summed E-state index contributed by atoms with van der Waals surface area (Å²) in [5, 5.41) is 0. The number of benzene rings is 2. The Balaban J connectivity index is 2.22. The zero-order valence-electron chi connectivity index (χ0n) is 12.0. The lowest BCUT2D eigenvalue weighted by Gasteiger charge is -2.02. The van der Waals surface area contributed by atoms with Crippen LogP contribution in [-0.2, 0) is 6.54 Å². The Kier molecular flexibility index (Phi) is 4.41. The summed E-state index contributed by atoms with van der Waals surface area (Å²) in [6.07, 6.45) is 0. The molecule has 0 unspecified atom stereocenters. The third kappa shape index (κ3) is 2.86. The molecule has 118 valence electrons. The number of nitrogens with zero attached hydrogens (tertiary/aromatic N) is 2. The lowest BCUT2D eigenvalue weighted by molar-refractivity contribution is 0.0990. The van der Waals surface area contributed by atoms with Crippen LogP contribution in [-0.4, -0.2) is 10.5 Å². The van der Waals surface area contributed by atoms with E-state index in [1.807, 2.05) is 29.7 Å². The molecule has 0 aliphatic heterocycles. The Bertz CT molecular complexity index is 958. The van der Waals surface area contributed by atoms with Crippen molar-refractivity contribution in [3.63, 3.8) is 0 Å². The lowest BCUT2D eigenvalue weighted by atomic mass is 10.2. The first kappa shape index (κ1) is 16.0. The fourth-order valence-electron chi connectivity index (χ4n) is 2.31. The molecule has 0 atom stereocenters. The van der Waals surface area contributed by atoms with E-state index in [9.17, 15) is 13.6 Å². The zero-order chi connectivity index (χ0) is 16.6. The summed E-state index contributed by atoms with van der Waals surface area (Å²) in [5.41, 5.74) is 0.271. The van der Waals surface area contributed by atoms with E-state index in [1.54, 1.807) is 0 Å². The molecule has 0 spiro atoms. The first-order valence-electron chi connectivity index (χ1n) is 6.84. The Hall–Kier alpha value is -1.86. The maximum Gasteiger partial charge on any atom is 0.285 e. The summed E-state index contributed by atoms with van der Waals surface area (Å²) in [5.74, 6) is -2.75. The monoisotopic (exact) mass is 396 g/mol. The van der Waals surface area contributed by atoms with Gasteiger partial charge in [-0.05, 0) is 47.1 Å². The van der Waals surface area contributed by atoms with Crippen LogP contribution in [0.25, 0.3) is 10.2 Å². The number of aromatic nitrogens is 1. The van der Waals surface area contributed by atoms with Crippen LogP contribution in [0.1, 0.15) is 17.3 Å². The van der Waals surface area contributed by atoms with E-state index in [0.717, 1.165) is 26.8 Å². The molecule has 0 aliphatic rings. The van der Waals surface area contributed by atoms with Gasteiger partial charge in [-0.2, -0.15) is 4.99 Å². The van der Waals surface area contributed by atoms with Gasteiger partial charge in [0, 0.05) is 11.0 Å². The number of aryl methyl sites for hydroxylation is 1. The molecule has 3 aromatic rings. The van der Waals surface area contributed by atoms with E-state index in [1.165, 1.54) is 17.4 Å². The van der Waals surface area contributed by atoms with Gasteiger partial charge in [0.15, 0.2) is 4.80 Å². The van der Waals surface area contributed by atoms with Gasteiger partial charge >= 0.3 is 0 Å². The number of carbonyl (C=O) groups is 1. The lowest BCUT2D eigenvalue weighted by Crippen LogP contribution is -2.17. The first-order chi connectivity index (χ1) is 11.0. The van der Waals surface area contributed by atoms with Crippen LogP contribution >= 0.6 is 27.3 Å². The topological polar surface area (TPSA) is 34.4 Å². The van der Waals surface area contributed by atoms with Crippen molar-refractivity contribution in [2.75, 3.05) is 0 Å². The largest absolute Gasteiger partial charge is 0.316 e. The number of amides is 1. The van der Waals surface area contributed by atoms with Gasteiger partial charge in [0.1, 0.15) is 17.2 Å². The van der Waals surface area contributed by atoms with E-state index in [0.29, 0.717) is 11.3 Å². The molecule has 0 aliphatic carbocycles. The zero-order valence-corrected chi connectivity index (χ0v) is 14.4. The molecule has 1 aromatic heterocycles. The van der Waals surface area contributed by atoms with E-state index in [4.69, 9.17) is 0 Å². The van der Waals surface area contributed by atoms with Gasteiger partial charge in [0.25, 0.3) is 5.91 Å². The maximum atomic E-state index is 13.7. The van der Waals surface area contributed by atoms with Crippen molar-refractivity contribution in [2.45, 2.75) is 13.5 Å². The number of hydrogen-bond acceptors (Lipinski definition) is 2. The fourth-order valence-corrected chi connectivity index (χ4v) is 4.14. The highest BCUT2D eigenvalue weighted by atomic mass is 79.9. The highest BCUT2D eigenvalue weighted by molar-refractivity contribution is 9.10. The second-order valence-electron chi connectivity index (χ2n) is 4.73. The molecule has 3 rings (SSSR count). The molecular weight excluding hydrogens is 386 g/mol. The SMILES string of the molecule is CCn1c(=NC(=O)c2c(F)cccc2F)sc2cccc(Br)c21. The molecule has 7 heteroatoms. The molecule has 0 saturated carbocycles. The molecule has 0 saturated heterocycles. The normalized spacial score (nSPS) is 12.1. The average molecular weight is 397 g/mol. The number of halogens is 3. The quantitative estimate of drug-likeness (QED) is 0.627. The number of para-hydroxylation sites is 1. The fraction of sp³-hybridized carbons (Fsp3) is 0.125. The molecule has 1 heterocycles. The smallest absolute Gasteiger partial charge is 0.285 e. The summed E-state index contributed by atoms with van der Waals surface area (Å²) in [6, 6.07) is 8.98. The summed E-state index contributed by atoms with van der Waals surface area (Å²) >= 11 is 4.77. The van der Waals surface area contributed by atoms with Crippen molar-refractivity contribution < 1.29 is 13.6 Å². The van der Waals surface area contributed by atoms with Crippen molar-refractivity contribution in [3.05, 3.63) is 62.9 Å². The molecule has 0 N–H and O–H groups in total. The van der Waals surface area contributed by atoms with Crippen LogP contribution in [0, 0.1) is 11.6 Å². The predicted octanol–water partition coefficient (Wildman–Crippen LogP) is 4.50. The molecule has 3 nitrogen and oxygen atoms in total. The second-order valence-corrected chi connectivity index (χ2v) is 6.59. The van der Waals surface area contributed by atoms with Gasteiger partial charge in [-0.3, -0.25) is 4.79 Å². The van der Waals surface area contributed by atoms with Gasteiger partial charge in [0.05, 0.1) is 10.2 Å². The summed E-state index contributed by atoms with van der Waals surface area (Å²) < 4.78 is 31.1. The van der Waals surface area contributed by atoms with Crippen LogP contribution in [0.15, 0.2) is 45.9 Å². The number of rotatable bonds is 2. The molecule has 2 aromatic carbocycles. The maximum absolute atomic E-state index is 13.7. The van der Waals surface area contributed by atoms with Crippen molar-refractivity contribution in [1.82, 2.24) is 4.57 Å². The third-order valence-electron chi connectivity index (χ3n) is 3.34. The van der Waals surface area contributed by atoms with E-state index < -0.39 is 23.1 Å². The van der Waals surface area contributed by atoms with Gasteiger partial charge in [-0.1, -0.05) is 23.5 Å². The molecular formula is C16H11BrF2N2OS. The summed E-state index contributed by atoms with van der Waals surface area (Å²) in [7, 11) is 0. The average Bonchev–Trinajstić information content (AvgIpc) is 2.85. The van der Waals surface area contributed by atoms with Crippen molar-refractivity contribution >= 4 is 43.4 Å². The van der Waals surface area contributed by atoms with Gasteiger partial charge < -0.3 is 4.57 Å². The highest BCUT2D eigenvalue weighted by Crippen LogP contribution is 2.25. The number of fused-ring (bicyclic) bond motifs is 1. The minimum atomic E-state index is -0.925. The second kappa shape index (κ2) is 6.33. The van der Waals surface area contributed by atoms with Crippen LogP contribution in [0.5, 0.6) is 0 Å². The summed E-state index contributed by atoms with van der Waals surface area (Å²) in [6.45, 7) is 2.49. The first-order valence-corrected chi connectivity index (χ1v) is 8.44. The van der Waals surface area contributed by atoms with Crippen molar-refractivity contribution in [1.29, 1.82) is 0 Å². The molecule has 0 radical (unpaired) electrons. The Morgan fingerprint density at radius 1 is 1.22 bits per heavy atom. The Morgan fingerprint density at radius 2 is 1.87 bits per heavy atom. The van der Waals surface area contributed by atoms with E-state index in [-0.39, 0.29) is 0 Å². The molecule has 0 fully saturated rings. The number of carbonyl (C=O) groups excluding carboxylic acids is 1. The molecule has 0 bridgehead atoms. The molecule has 1 amide bonds. The van der Waals surface area contributed by atoms with E-state index in [2.05, 4.69) is 20.9 Å². The Labute approximate surface area is 143 Å². The highest BCUT2D eigenvalue weighted by Gasteiger charge is 2.17. The van der Waals surface area contributed by atoms with Crippen LogP contribution < -0.4 is 4.80 Å². The minimum absolute atomic E-state index is 0.405. The summed E-state index contributed by atoms with van der Waals surface area (Å²) in [4.78, 5) is 16.6. The Morgan fingerprint density at radius 3 is 2.52 bits per heavy atom. The van der Waals surface area contributed by atoms with Crippen LogP contribution in [0.2, 0.25) is 0 Å². The minimum Gasteiger partial charge on any atom is -0.316 e. The third-order valence-corrected chi connectivity index (χ3v) is 5.03. The van der Waals surface area contributed by atoms with E-state index >= 15 is 0 Å². The van der Waals surface area contributed by atoms with Gasteiger partial charge in [0.2, 0.25) is 0 Å². The van der Waals surface area contributed by atoms with Gasteiger partial charge in [-0.25, -0.2) is 8.78 Å². The van der Waals surface area contributed by atoms with Gasteiger partial charge in [-0.15, -0.1) is 0 Å². The number of hydrogen-bond donors (Lipinski definition) is 0. The standard InChI is InChI=1S/C16H11BrF2N2OS/c1-2-21-14-9(17)5-3-8-12(14)23-16(21)20-15(22)13-10(18)6-4-7-11(13)19/h3-8H,2H2,1H3. The predicted molar refractivity (Wildman–Crippen MR) is 89.4 cm³/mol. The number of thiazole rings is 1. The van der Waals surface area contributed by atoms with Crippen LogP contribution in [0.4, 0.5) is 8.78 Å². The molecule has 23 heavy (non-hydrogen) atoms. The van der Waals surface area contributed by atoms with Crippen molar-refractivity contribution in [2.24, 2.45) is 4.99 Å².